The van der Waals surface area contributed by atoms with Crippen molar-refractivity contribution >= 4 is 15.2 Å². The fourth-order valence-corrected chi connectivity index (χ4v) is 2.82. The van der Waals surface area contributed by atoms with Crippen molar-refractivity contribution in [1.29, 1.82) is 0 Å². The van der Waals surface area contributed by atoms with Gasteiger partial charge in [-0.3, -0.25) is 9.13 Å². The third-order valence-electron chi connectivity index (χ3n) is 3.45. The SMILES string of the molecule is O.O.O=P(O)(O)COc1ccccc1OCCOCCOc1ccccc1OCP(=O)(O)O. The predicted molar refractivity (Wildman–Crippen MR) is 117 cm³/mol. The summed E-state index contributed by atoms with van der Waals surface area (Å²) in [6.45, 7) is 0.760. The van der Waals surface area contributed by atoms with Crippen LogP contribution in [0.25, 0.3) is 0 Å². The van der Waals surface area contributed by atoms with Crippen LogP contribution in [-0.2, 0) is 13.9 Å². The van der Waals surface area contributed by atoms with Gasteiger partial charge < -0.3 is 54.2 Å². The summed E-state index contributed by atoms with van der Waals surface area (Å²) >= 11 is 0. The zero-order chi connectivity index (χ0) is 22.7. The molecule has 0 fully saturated rings. The van der Waals surface area contributed by atoms with Crippen molar-refractivity contribution in [2.75, 3.05) is 39.1 Å². The molecule has 0 amide bonds. The highest BCUT2D eigenvalue weighted by atomic mass is 31.2. The van der Waals surface area contributed by atoms with Gasteiger partial charge in [-0.25, -0.2) is 0 Å². The first-order valence-corrected chi connectivity index (χ1v) is 12.6. The van der Waals surface area contributed by atoms with Gasteiger partial charge >= 0.3 is 15.2 Å². The lowest BCUT2D eigenvalue weighted by Gasteiger charge is -2.14. The average Bonchev–Trinajstić information content (AvgIpc) is 2.70. The van der Waals surface area contributed by atoms with Crippen LogP contribution in [0.3, 0.4) is 0 Å². The molecule has 2 aromatic carbocycles. The molecule has 0 spiro atoms. The first-order chi connectivity index (χ1) is 14.6. The Morgan fingerprint density at radius 2 is 0.848 bits per heavy atom. The number of benzene rings is 2. The first kappa shape index (κ1) is 30.8. The van der Waals surface area contributed by atoms with Gasteiger partial charge in [-0.1, -0.05) is 24.3 Å². The van der Waals surface area contributed by atoms with Gasteiger partial charge in [0.25, 0.3) is 0 Å². The van der Waals surface area contributed by atoms with Crippen LogP contribution in [-0.4, -0.2) is 69.6 Å². The molecule has 0 heterocycles. The Bertz CT molecular complexity index is 838. The highest BCUT2D eigenvalue weighted by molar-refractivity contribution is 7.51. The molecule has 0 unspecified atom stereocenters. The van der Waals surface area contributed by atoms with Gasteiger partial charge in [-0.2, -0.15) is 0 Å². The summed E-state index contributed by atoms with van der Waals surface area (Å²) in [5.74, 6) is 1.07. The zero-order valence-electron chi connectivity index (χ0n) is 17.4. The van der Waals surface area contributed by atoms with Gasteiger partial charge in [0, 0.05) is 0 Å². The van der Waals surface area contributed by atoms with E-state index in [2.05, 4.69) is 0 Å². The summed E-state index contributed by atoms with van der Waals surface area (Å²) in [5.41, 5.74) is 0. The summed E-state index contributed by atoms with van der Waals surface area (Å²) in [5, 5.41) is 0. The number of hydrogen-bond acceptors (Lipinski definition) is 7. The van der Waals surface area contributed by atoms with Gasteiger partial charge in [-0.15, -0.1) is 0 Å². The molecule has 0 saturated heterocycles. The molecule has 2 aromatic rings. The molecule has 188 valence electrons. The Kier molecular flexibility index (Phi) is 13.9. The maximum absolute atomic E-state index is 10.9. The van der Waals surface area contributed by atoms with Crippen LogP contribution in [0.15, 0.2) is 48.5 Å². The largest absolute Gasteiger partial charge is 0.487 e. The Hall–Kier alpha value is -2.18. The molecule has 0 atom stereocenters. The van der Waals surface area contributed by atoms with Crippen LogP contribution in [0.1, 0.15) is 0 Å². The Balaban J connectivity index is 0.00000512. The first-order valence-electron chi connectivity index (χ1n) is 9.00. The lowest BCUT2D eigenvalue weighted by atomic mass is 10.3. The molecule has 0 saturated carbocycles. The molecule has 0 aliphatic heterocycles. The monoisotopic (exact) mass is 514 g/mol. The van der Waals surface area contributed by atoms with E-state index in [1.807, 2.05) is 0 Å². The van der Waals surface area contributed by atoms with Crippen LogP contribution < -0.4 is 18.9 Å². The van der Waals surface area contributed by atoms with Crippen LogP contribution in [0.2, 0.25) is 0 Å². The van der Waals surface area contributed by atoms with Gasteiger partial charge in [0.05, 0.1) is 13.2 Å². The van der Waals surface area contributed by atoms with Crippen molar-refractivity contribution in [2.45, 2.75) is 0 Å². The van der Waals surface area contributed by atoms with E-state index in [0.29, 0.717) is 11.5 Å². The maximum atomic E-state index is 10.9. The van der Waals surface area contributed by atoms with Crippen molar-refractivity contribution in [3.8, 4) is 23.0 Å². The fourth-order valence-electron chi connectivity index (χ4n) is 2.21. The van der Waals surface area contributed by atoms with Crippen molar-refractivity contribution < 1.29 is 63.3 Å². The van der Waals surface area contributed by atoms with E-state index in [1.165, 1.54) is 12.1 Å². The fraction of sp³-hybridized carbons (Fsp3) is 0.333. The van der Waals surface area contributed by atoms with E-state index in [4.69, 9.17) is 43.3 Å². The molecular formula is C18H28O13P2. The lowest BCUT2D eigenvalue weighted by Crippen LogP contribution is -2.13. The van der Waals surface area contributed by atoms with E-state index in [1.54, 1.807) is 36.4 Å². The minimum atomic E-state index is -4.30. The van der Waals surface area contributed by atoms with Crippen molar-refractivity contribution in [2.24, 2.45) is 0 Å². The molecular weight excluding hydrogens is 486 g/mol. The maximum Gasteiger partial charge on any atom is 0.362 e. The summed E-state index contributed by atoms with van der Waals surface area (Å²) in [6.07, 6.45) is -1.50. The molecule has 15 heteroatoms. The molecule has 13 nitrogen and oxygen atoms in total. The summed E-state index contributed by atoms with van der Waals surface area (Å²) < 4.78 is 48.5. The molecule has 0 aliphatic carbocycles. The third kappa shape index (κ3) is 13.2. The minimum Gasteiger partial charge on any atom is -0.487 e. The number of rotatable bonds is 14. The summed E-state index contributed by atoms with van der Waals surface area (Å²) in [6, 6.07) is 13.0. The Morgan fingerprint density at radius 1 is 0.545 bits per heavy atom. The highest BCUT2D eigenvalue weighted by Gasteiger charge is 2.16. The predicted octanol–water partition coefficient (Wildman–Crippen LogP) is 0.540. The quantitative estimate of drug-likeness (QED) is 0.201. The third-order valence-corrected chi connectivity index (χ3v) is 4.38. The molecule has 0 radical (unpaired) electrons. The lowest BCUT2D eigenvalue weighted by molar-refractivity contribution is 0.0748. The van der Waals surface area contributed by atoms with Crippen LogP contribution in [0.5, 0.6) is 23.0 Å². The molecule has 8 N–H and O–H groups in total. The Morgan fingerprint density at radius 3 is 1.15 bits per heavy atom. The topological polar surface area (TPSA) is 224 Å². The van der Waals surface area contributed by atoms with Crippen molar-refractivity contribution in [1.82, 2.24) is 0 Å². The van der Waals surface area contributed by atoms with E-state index in [-0.39, 0.29) is 48.9 Å². The second kappa shape index (κ2) is 14.9. The number of hydrogen-bond donors (Lipinski definition) is 4. The summed E-state index contributed by atoms with van der Waals surface area (Å²) in [4.78, 5) is 35.6. The van der Waals surface area contributed by atoms with Gasteiger partial charge in [0.2, 0.25) is 0 Å². The normalized spacial score (nSPS) is 11.0. The number of para-hydroxylation sites is 4. The molecule has 33 heavy (non-hydrogen) atoms. The minimum absolute atomic E-state index is 0. The Labute approximate surface area is 189 Å². The van der Waals surface area contributed by atoms with E-state index >= 15 is 0 Å². The molecule has 2 rings (SSSR count). The standard InChI is InChI=1S/C18H24O11P2.2H2O/c19-30(20,21)13-28-17-7-3-1-5-15(17)26-11-9-25-10-12-27-16-6-2-4-8-18(16)29-14-31(22,23)24;;/h1-8H,9-14H2,(H2,19,20,21)(H2,22,23,24);2*1H2. The average molecular weight is 514 g/mol. The van der Waals surface area contributed by atoms with Crippen molar-refractivity contribution in [3.63, 3.8) is 0 Å². The zero-order valence-corrected chi connectivity index (χ0v) is 19.2. The van der Waals surface area contributed by atoms with E-state index < -0.39 is 27.9 Å². The van der Waals surface area contributed by atoms with Gasteiger partial charge in [0.1, 0.15) is 13.2 Å². The van der Waals surface area contributed by atoms with Crippen LogP contribution in [0, 0.1) is 0 Å². The molecule has 0 aliphatic rings. The second-order valence-corrected chi connectivity index (χ2v) is 9.25. The van der Waals surface area contributed by atoms with Crippen LogP contribution in [0.4, 0.5) is 0 Å². The summed E-state index contributed by atoms with van der Waals surface area (Å²) in [7, 11) is -8.60. The van der Waals surface area contributed by atoms with Gasteiger partial charge in [-0.05, 0) is 24.3 Å². The highest BCUT2D eigenvalue weighted by Crippen LogP contribution is 2.37. The van der Waals surface area contributed by atoms with Crippen LogP contribution >= 0.6 is 15.2 Å². The molecule has 0 aromatic heterocycles. The van der Waals surface area contributed by atoms with E-state index in [9.17, 15) is 9.13 Å². The number of ether oxygens (including phenoxy) is 5. The smallest absolute Gasteiger partial charge is 0.362 e. The van der Waals surface area contributed by atoms with E-state index in [0.717, 1.165) is 0 Å². The van der Waals surface area contributed by atoms with Crippen molar-refractivity contribution in [3.05, 3.63) is 48.5 Å². The second-order valence-electron chi connectivity index (χ2n) is 6.08. The van der Waals surface area contributed by atoms with Gasteiger partial charge in [0.15, 0.2) is 35.7 Å². The molecule has 0 bridgehead atoms.